The van der Waals surface area contributed by atoms with Gasteiger partial charge >= 0.3 is 0 Å². The number of anilines is 1. The minimum Gasteiger partial charge on any atom is -0.357 e. The molecular weight excluding hydrogens is 631 g/mol. The van der Waals surface area contributed by atoms with Crippen molar-refractivity contribution in [2.24, 2.45) is 0 Å². The Morgan fingerprint density at radius 2 is 1.91 bits per heavy atom. The number of aromatic nitrogens is 3. The molecule has 0 spiro atoms. The third-order valence-corrected chi connectivity index (χ3v) is 6.12. The number of nitrogens with one attached hydrogen (secondary N) is 3. The molecule has 3 N–H and O–H groups in total. The summed E-state index contributed by atoms with van der Waals surface area (Å²) in [6.07, 6.45) is 0.927. The van der Waals surface area contributed by atoms with Crippen molar-refractivity contribution >= 4 is 78.5 Å². The Balaban J connectivity index is 1.92. The molecule has 1 aromatic carbocycles. The zero-order chi connectivity index (χ0) is 25.7. The van der Waals surface area contributed by atoms with Crippen molar-refractivity contribution < 1.29 is 19.2 Å². The predicted octanol–water partition coefficient (Wildman–Crippen LogP) is 4.54. The molecule has 0 aliphatic rings. The van der Waals surface area contributed by atoms with Gasteiger partial charge in [-0.1, -0.05) is 30.1 Å². The molecule has 0 saturated carbocycles. The highest BCUT2D eigenvalue weighted by atomic mass is 79.9. The monoisotopic (exact) mass is 646 g/mol. The summed E-state index contributed by atoms with van der Waals surface area (Å²) in [5.41, 5.74) is 2.44. The fourth-order valence-electron chi connectivity index (χ4n) is 2.93. The van der Waals surface area contributed by atoms with Crippen molar-refractivity contribution in [2.45, 2.75) is 19.4 Å². The van der Waals surface area contributed by atoms with E-state index in [1.165, 1.54) is 36.1 Å². The fourth-order valence-corrected chi connectivity index (χ4v) is 4.42. The number of carbonyl (C=O) groups is 3. The average molecular weight is 649 g/mol. The summed E-state index contributed by atoms with van der Waals surface area (Å²) >= 11 is 19.0. The number of amides is 3. The van der Waals surface area contributed by atoms with E-state index in [1.807, 2.05) is 0 Å². The minimum absolute atomic E-state index is 0.00881. The van der Waals surface area contributed by atoms with Crippen molar-refractivity contribution in [1.29, 1.82) is 0 Å². The third kappa shape index (κ3) is 6.39. The van der Waals surface area contributed by atoms with Crippen LogP contribution in [0, 0.1) is 0 Å². The van der Waals surface area contributed by atoms with E-state index in [4.69, 9.17) is 28.0 Å². The number of rotatable bonds is 8. The summed E-state index contributed by atoms with van der Waals surface area (Å²) in [6, 6.07) is 7.60. The summed E-state index contributed by atoms with van der Waals surface area (Å²) in [6.45, 7) is 1.73. The fraction of sp³-hybridized carbons (Fsp3) is 0.190. The Labute approximate surface area is 226 Å². The van der Waals surface area contributed by atoms with Gasteiger partial charge in [0.2, 0.25) is 0 Å². The van der Waals surface area contributed by atoms with E-state index in [0.717, 1.165) is 0 Å². The van der Waals surface area contributed by atoms with E-state index in [0.29, 0.717) is 15.5 Å². The topological polar surface area (TPSA) is 127 Å². The van der Waals surface area contributed by atoms with Gasteiger partial charge in [-0.05, 0) is 62.5 Å². The molecule has 2 heterocycles. The largest absolute Gasteiger partial charge is 0.357 e. The molecule has 0 fully saturated rings. The van der Waals surface area contributed by atoms with Crippen LogP contribution in [0.15, 0.2) is 45.6 Å². The normalized spacial score (nSPS) is 11.6. The van der Waals surface area contributed by atoms with E-state index in [1.54, 1.807) is 19.1 Å². The Hall–Kier alpha value is -2.51. The first-order valence-electron chi connectivity index (χ1n) is 10.0. The Bertz CT molecular complexity index is 1290. The summed E-state index contributed by atoms with van der Waals surface area (Å²) in [4.78, 5) is 47.4. The summed E-state index contributed by atoms with van der Waals surface area (Å²) in [5, 5.41) is 9.89. The van der Waals surface area contributed by atoms with Crippen LogP contribution in [0.3, 0.4) is 0 Å². The van der Waals surface area contributed by atoms with Gasteiger partial charge in [0.05, 0.1) is 16.3 Å². The zero-order valence-electron chi connectivity index (χ0n) is 18.2. The molecule has 35 heavy (non-hydrogen) atoms. The van der Waals surface area contributed by atoms with Crippen molar-refractivity contribution in [1.82, 2.24) is 25.6 Å². The maximum atomic E-state index is 13.3. The lowest BCUT2D eigenvalue weighted by Gasteiger charge is -2.17. The van der Waals surface area contributed by atoms with Crippen LogP contribution in [0.5, 0.6) is 0 Å². The number of nitrogens with zero attached hydrogens (tertiary/aromatic N) is 3. The number of hydrogen-bond acceptors (Lipinski definition) is 6. The minimum atomic E-state index is -0.903. The molecule has 3 rings (SSSR count). The predicted molar refractivity (Wildman–Crippen MR) is 138 cm³/mol. The highest BCUT2D eigenvalue weighted by Crippen LogP contribution is 2.32. The number of benzene rings is 1. The van der Waals surface area contributed by atoms with Gasteiger partial charge < -0.3 is 10.6 Å². The zero-order valence-corrected chi connectivity index (χ0v) is 22.9. The van der Waals surface area contributed by atoms with Crippen molar-refractivity contribution in [3.8, 4) is 5.82 Å². The molecule has 10 nitrogen and oxygen atoms in total. The van der Waals surface area contributed by atoms with E-state index >= 15 is 0 Å². The maximum Gasteiger partial charge on any atom is 0.277 e. The van der Waals surface area contributed by atoms with E-state index in [2.05, 4.69) is 58.1 Å². The molecule has 0 saturated heterocycles. The highest BCUT2D eigenvalue weighted by Gasteiger charge is 2.24. The lowest BCUT2D eigenvalue weighted by atomic mass is 10.1. The maximum absolute atomic E-state index is 13.3. The summed E-state index contributed by atoms with van der Waals surface area (Å²) in [7, 11) is 1.46. The smallest absolute Gasteiger partial charge is 0.277 e. The second-order valence-corrected chi connectivity index (χ2v) is 9.41. The van der Waals surface area contributed by atoms with Crippen molar-refractivity contribution in [2.75, 3.05) is 12.4 Å². The van der Waals surface area contributed by atoms with E-state index < -0.39 is 23.8 Å². The molecule has 14 heteroatoms. The van der Waals surface area contributed by atoms with E-state index in [9.17, 15) is 14.4 Å². The van der Waals surface area contributed by atoms with Crippen LogP contribution in [0.2, 0.25) is 10.0 Å². The van der Waals surface area contributed by atoms with Crippen molar-refractivity contribution in [3.05, 3.63) is 66.9 Å². The van der Waals surface area contributed by atoms with Crippen LogP contribution < -0.4 is 16.1 Å². The Morgan fingerprint density at radius 3 is 2.57 bits per heavy atom. The van der Waals surface area contributed by atoms with Crippen LogP contribution in [0.4, 0.5) is 5.69 Å². The summed E-state index contributed by atoms with van der Waals surface area (Å²) < 4.78 is 1.97. The van der Waals surface area contributed by atoms with Gasteiger partial charge in [-0.25, -0.2) is 15.1 Å². The van der Waals surface area contributed by atoms with Gasteiger partial charge in [-0.3, -0.25) is 19.2 Å². The van der Waals surface area contributed by atoms with Crippen LogP contribution in [0.25, 0.3) is 5.82 Å². The number of pyridine rings is 1. The van der Waals surface area contributed by atoms with Crippen LogP contribution in [-0.2, 0) is 9.63 Å². The molecule has 3 amide bonds. The number of carbonyl (C=O) groups excluding carboxylic acids is 3. The lowest BCUT2D eigenvalue weighted by molar-refractivity contribution is -0.136. The first-order valence-corrected chi connectivity index (χ1v) is 12.3. The summed E-state index contributed by atoms with van der Waals surface area (Å²) in [5.74, 6) is -1.50. The molecule has 0 aliphatic heterocycles. The molecule has 0 bridgehead atoms. The van der Waals surface area contributed by atoms with Gasteiger partial charge in [0.1, 0.15) is 10.3 Å². The lowest BCUT2D eigenvalue weighted by Crippen LogP contribution is -2.39. The first-order chi connectivity index (χ1) is 16.7. The highest BCUT2D eigenvalue weighted by molar-refractivity contribution is 9.10. The van der Waals surface area contributed by atoms with Crippen LogP contribution >= 0.6 is 55.1 Å². The first kappa shape index (κ1) is 27.1. The van der Waals surface area contributed by atoms with Crippen LogP contribution in [-0.4, -0.2) is 45.6 Å². The molecule has 184 valence electrons. The Kier molecular flexibility index (Phi) is 9.25. The van der Waals surface area contributed by atoms with Gasteiger partial charge in [0, 0.05) is 28.8 Å². The molecule has 1 atom stereocenters. The van der Waals surface area contributed by atoms with Gasteiger partial charge in [-0.2, -0.15) is 5.10 Å². The number of hydrogen-bond donors (Lipinski definition) is 3. The quantitative estimate of drug-likeness (QED) is 0.308. The van der Waals surface area contributed by atoms with Crippen LogP contribution in [0.1, 0.15) is 34.2 Å². The van der Waals surface area contributed by atoms with Gasteiger partial charge in [0.25, 0.3) is 17.7 Å². The molecule has 0 radical (unpaired) electrons. The van der Waals surface area contributed by atoms with Crippen molar-refractivity contribution in [3.63, 3.8) is 0 Å². The standard InChI is InChI=1S/C21H18Br2Cl2N6O4/c1-3-15(21(34)26-2)35-30-19(32)11-7-10(24)8-12(22)17(11)28-20(33)14-9-16(23)29-31(14)18-13(25)5-4-6-27-18/h4-9,15H,3H2,1-2H3,(H,26,34)(H,28,33)(H,30,32). The average Bonchev–Trinajstić information content (AvgIpc) is 3.22. The number of hydroxylamine groups is 1. The molecule has 3 aromatic rings. The van der Waals surface area contributed by atoms with Gasteiger partial charge in [-0.15, -0.1) is 0 Å². The Morgan fingerprint density at radius 1 is 1.17 bits per heavy atom. The molecular formula is C21H18Br2Cl2N6O4. The number of halogens is 4. The SMILES string of the molecule is CCC(ONC(=O)c1cc(Cl)cc(Br)c1NC(=O)c1cc(Br)nn1-c1ncccc1Cl)C(=O)NC. The van der Waals surface area contributed by atoms with E-state index in [-0.39, 0.29) is 32.8 Å². The third-order valence-electron chi connectivity index (χ3n) is 4.59. The molecule has 2 aromatic heterocycles. The molecule has 0 aliphatic carbocycles. The number of likely N-dealkylation sites (N-methyl/N-ethyl adjacent to an activating group) is 1. The molecule has 1 unspecified atom stereocenters. The second kappa shape index (κ2) is 12.0. The van der Waals surface area contributed by atoms with Gasteiger partial charge in [0.15, 0.2) is 11.9 Å². The second-order valence-electron chi connectivity index (χ2n) is 6.90.